The minimum Gasteiger partial charge on any atom is -0.481 e. The fourth-order valence-electron chi connectivity index (χ4n) is 2.63. The number of benzene rings is 1. The highest BCUT2D eigenvalue weighted by atomic mass is 16.5. The van der Waals surface area contributed by atoms with Crippen LogP contribution in [0.15, 0.2) is 61.3 Å². The molecule has 2 amide bonds. The molecule has 0 radical (unpaired) electrons. The number of hydrogen-bond donors (Lipinski definition) is 2. The van der Waals surface area contributed by atoms with Gasteiger partial charge in [0.2, 0.25) is 11.8 Å². The van der Waals surface area contributed by atoms with Gasteiger partial charge >= 0.3 is 6.09 Å². The highest BCUT2D eigenvalue weighted by molar-refractivity contribution is 5.98. The summed E-state index contributed by atoms with van der Waals surface area (Å²) in [5.74, 6) is 0.0782. The number of anilines is 1. The average molecular weight is 369 g/mol. The topological polar surface area (TPSA) is 91.8 Å². The van der Waals surface area contributed by atoms with Crippen LogP contribution in [0.25, 0.3) is 0 Å². The Labute approximate surface area is 158 Å². The van der Waals surface area contributed by atoms with Gasteiger partial charge in [0.25, 0.3) is 0 Å². The summed E-state index contributed by atoms with van der Waals surface area (Å²) in [6.07, 6.45) is 2.79. The predicted molar refractivity (Wildman–Crippen MR) is 103 cm³/mol. The summed E-state index contributed by atoms with van der Waals surface area (Å²) >= 11 is 0. The van der Waals surface area contributed by atoms with Crippen LogP contribution in [0.5, 0.6) is 5.88 Å². The molecule has 0 spiro atoms. The van der Waals surface area contributed by atoms with Crippen LogP contribution < -0.4 is 15.0 Å². The van der Waals surface area contributed by atoms with E-state index in [0.29, 0.717) is 24.5 Å². The maximum atomic E-state index is 13.2. The lowest BCUT2D eigenvalue weighted by molar-refractivity contribution is -0.120. The van der Waals surface area contributed by atoms with Gasteiger partial charge in [0.15, 0.2) is 0 Å². The Morgan fingerprint density at radius 2 is 2.04 bits per heavy atom. The van der Waals surface area contributed by atoms with Gasteiger partial charge in [-0.2, -0.15) is 0 Å². The van der Waals surface area contributed by atoms with E-state index in [1.807, 2.05) is 30.3 Å². The van der Waals surface area contributed by atoms with E-state index in [-0.39, 0.29) is 12.3 Å². The Balaban J connectivity index is 2.29. The number of methoxy groups -OCH3 is 1. The molecular weight excluding hydrogens is 346 g/mol. The van der Waals surface area contributed by atoms with Crippen molar-refractivity contribution in [2.45, 2.75) is 18.9 Å². The van der Waals surface area contributed by atoms with E-state index in [4.69, 9.17) is 4.74 Å². The number of carbonyl (C=O) groups is 2. The Kier molecular flexibility index (Phi) is 7.37. The lowest BCUT2D eigenvalue weighted by atomic mass is 10.0. The van der Waals surface area contributed by atoms with Crippen LogP contribution in [-0.4, -0.2) is 41.8 Å². The molecule has 1 aromatic heterocycles. The number of rotatable bonds is 9. The van der Waals surface area contributed by atoms with E-state index >= 15 is 0 Å². The molecule has 142 valence electrons. The van der Waals surface area contributed by atoms with E-state index < -0.39 is 12.1 Å². The number of pyridine rings is 1. The molecule has 0 bridgehead atoms. The van der Waals surface area contributed by atoms with Gasteiger partial charge in [0.05, 0.1) is 19.0 Å². The first-order valence-electron chi connectivity index (χ1n) is 8.51. The molecule has 1 unspecified atom stereocenters. The Bertz CT molecular complexity index is 763. The first kappa shape index (κ1) is 20.0. The molecule has 2 aromatic rings. The molecule has 0 fully saturated rings. The molecule has 1 heterocycles. The van der Waals surface area contributed by atoms with Crippen LogP contribution in [0.4, 0.5) is 10.5 Å². The van der Waals surface area contributed by atoms with E-state index in [1.54, 1.807) is 18.2 Å². The van der Waals surface area contributed by atoms with Crippen LogP contribution in [0.3, 0.4) is 0 Å². The van der Waals surface area contributed by atoms with Crippen molar-refractivity contribution in [3.63, 3.8) is 0 Å². The van der Waals surface area contributed by atoms with E-state index in [2.05, 4.69) is 16.9 Å². The third-order valence-electron chi connectivity index (χ3n) is 3.94. The van der Waals surface area contributed by atoms with Gasteiger partial charge in [0, 0.05) is 19.0 Å². The first-order valence-corrected chi connectivity index (χ1v) is 8.51. The van der Waals surface area contributed by atoms with Gasteiger partial charge in [-0.05, 0) is 18.1 Å². The predicted octanol–water partition coefficient (Wildman–Crippen LogP) is 2.88. The fourth-order valence-corrected chi connectivity index (χ4v) is 2.63. The number of nitrogens with one attached hydrogen (secondary N) is 1. The zero-order valence-corrected chi connectivity index (χ0v) is 15.2. The van der Waals surface area contributed by atoms with Crippen molar-refractivity contribution >= 4 is 17.7 Å². The van der Waals surface area contributed by atoms with E-state index in [9.17, 15) is 14.7 Å². The van der Waals surface area contributed by atoms with Crippen LogP contribution in [0.1, 0.15) is 12.0 Å². The number of carbonyl (C=O) groups excluding carboxylic acids is 1. The fraction of sp³-hybridized carbons (Fsp3) is 0.250. The number of aromatic nitrogens is 1. The lowest BCUT2D eigenvalue weighted by Gasteiger charge is -2.27. The van der Waals surface area contributed by atoms with Crippen molar-refractivity contribution < 1.29 is 19.4 Å². The molecule has 1 aromatic carbocycles. The largest absolute Gasteiger partial charge is 0.481 e. The van der Waals surface area contributed by atoms with E-state index in [1.165, 1.54) is 18.2 Å². The minimum atomic E-state index is -1.25. The van der Waals surface area contributed by atoms with E-state index in [0.717, 1.165) is 5.56 Å². The van der Waals surface area contributed by atoms with Crippen LogP contribution in [0.2, 0.25) is 0 Å². The van der Waals surface area contributed by atoms with Gasteiger partial charge in [-0.3, -0.25) is 4.79 Å². The zero-order chi connectivity index (χ0) is 19.6. The average Bonchev–Trinajstić information content (AvgIpc) is 2.68. The van der Waals surface area contributed by atoms with Gasteiger partial charge in [-0.25, -0.2) is 9.78 Å². The molecule has 2 N–H and O–H groups in total. The second-order valence-corrected chi connectivity index (χ2v) is 5.82. The zero-order valence-electron chi connectivity index (χ0n) is 15.2. The summed E-state index contributed by atoms with van der Waals surface area (Å²) in [4.78, 5) is 30.0. The van der Waals surface area contributed by atoms with Crippen LogP contribution >= 0.6 is 0 Å². The van der Waals surface area contributed by atoms with Crippen molar-refractivity contribution in [1.82, 2.24) is 10.3 Å². The quantitative estimate of drug-likeness (QED) is 0.663. The summed E-state index contributed by atoms with van der Waals surface area (Å²) in [6.45, 7) is 4.05. The third kappa shape index (κ3) is 5.85. The molecule has 27 heavy (non-hydrogen) atoms. The standard InChI is InChI=1S/C20H23N3O4/c1-3-4-12-23(16-10-11-18(27-2)21-14-16)19(24)17(22-20(25)26)13-15-8-6-5-7-9-15/h3,5-11,14,17,22H,1,4,12-13H2,2H3,(H,25,26). The van der Waals surface area contributed by atoms with Crippen LogP contribution in [0, 0.1) is 0 Å². The number of amides is 2. The van der Waals surface area contributed by atoms with Crippen molar-refractivity contribution in [2.24, 2.45) is 0 Å². The Morgan fingerprint density at radius 1 is 1.30 bits per heavy atom. The van der Waals surface area contributed by atoms with Gasteiger partial charge in [-0.1, -0.05) is 36.4 Å². The maximum Gasteiger partial charge on any atom is 0.405 e. The minimum absolute atomic E-state index is 0.250. The first-order chi connectivity index (χ1) is 13.0. The molecule has 1 atom stereocenters. The summed E-state index contributed by atoms with van der Waals surface area (Å²) in [5, 5.41) is 11.5. The van der Waals surface area contributed by atoms with Crippen LogP contribution in [-0.2, 0) is 11.2 Å². The van der Waals surface area contributed by atoms with Crippen molar-refractivity contribution in [3.05, 3.63) is 66.9 Å². The number of hydrogen-bond acceptors (Lipinski definition) is 4. The van der Waals surface area contributed by atoms with Gasteiger partial charge in [-0.15, -0.1) is 6.58 Å². The highest BCUT2D eigenvalue weighted by Gasteiger charge is 2.27. The van der Waals surface area contributed by atoms with Gasteiger partial charge < -0.3 is 20.1 Å². The second-order valence-electron chi connectivity index (χ2n) is 5.82. The summed E-state index contributed by atoms with van der Waals surface area (Å²) in [6, 6.07) is 11.7. The maximum absolute atomic E-state index is 13.2. The summed E-state index contributed by atoms with van der Waals surface area (Å²) in [7, 11) is 1.51. The third-order valence-corrected chi connectivity index (χ3v) is 3.94. The molecule has 0 saturated carbocycles. The molecule has 7 nitrogen and oxygen atoms in total. The van der Waals surface area contributed by atoms with Gasteiger partial charge in [0.1, 0.15) is 6.04 Å². The molecular formula is C20H23N3O4. The molecule has 0 saturated heterocycles. The molecule has 2 rings (SSSR count). The smallest absolute Gasteiger partial charge is 0.405 e. The Hall–Kier alpha value is -3.35. The second kappa shape index (κ2) is 9.96. The van der Waals surface area contributed by atoms with Crippen molar-refractivity contribution in [2.75, 3.05) is 18.6 Å². The number of carboxylic acid groups (broad SMARTS) is 1. The summed E-state index contributed by atoms with van der Waals surface area (Å²) in [5.41, 5.74) is 1.43. The Morgan fingerprint density at radius 3 is 2.59 bits per heavy atom. The monoisotopic (exact) mass is 369 g/mol. The number of nitrogens with zero attached hydrogens (tertiary/aromatic N) is 2. The molecule has 0 aliphatic rings. The highest BCUT2D eigenvalue weighted by Crippen LogP contribution is 2.19. The lowest BCUT2D eigenvalue weighted by Crippen LogP contribution is -2.50. The molecule has 0 aliphatic carbocycles. The SMILES string of the molecule is C=CCCN(C(=O)C(Cc1ccccc1)NC(=O)O)c1ccc(OC)nc1. The number of ether oxygens (including phenoxy) is 1. The summed E-state index contributed by atoms with van der Waals surface area (Å²) < 4.78 is 5.05. The normalized spacial score (nSPS) is 11.3. The van der Waals surface area contributed by atoms with Crippen molar-refractivity contribution in [1.29, 1.82) is 0 Å². The molecule has 7 heteroatoms. The van der Waals surface area contributed by atoms with Crippen molar-refractivity contribution in [3.8, 4) is 5.88 Å². The molecule has 0 aliphatic heterocycles.